The average Bonchev–Trinajstić information content (AvgIpc) is 3.15. The third-order valence-corrected chi connectivity index (χ3v) is 4.06. The minimum absolute atomic E-state index is 0.0769. The molecule has 1 aromatic heterocycles. The number of hydrazone groups is 1. The molecule has 0 saturated carbocycles. The quantitative estimate of drug-likeness (QED) is 0.547. The van der Waals surface area contributed by atoms with Gasteiger partial charge >= 0.3 is 0 Å². The molecule has 0 aliphatic carbocycles. The van der Waals surface area contributed by atoms with Gasteiger partial charge in [-0.3, -0.25) is 4.79 Å². The number of rotatable bonds is 6. The van der Waals surface area contributed by atoms with Crippen LogP contribution in [0.4, 0.5) is 0 Å². The number of carbonyl (C=O) groups excluding carboxylic acids is 1. The van der Waals surface area contributed by atoms with E-state index < -0.39 is 0 Å². The Morgan fingerprint density at radius 3 is 2.46 bits per heavy atom. The zero-order valence-corrected chi connectivity index (χ0v) is 13.7. The largest absolute Gasteiger partial charge is 0.484 e. The summed E-state index contributed by atoms with van der Waals surface area (Å²) in [6, 6.07) is 21.6. The monoisotopic (exact) mass is 336 g/mol. The van der Waals surface area contributed by atoms with E-state index in [0.717, 1.165) is 16.0 Å². The van der Waals surface area contributed by atoms with Crippen LogP contribution >= 0.6 is 11.3 Å². The van der Waals surface area contributed by atoms with Crippen LogP contribution in [0.1, 0.15) is 4.88 Å². The smallest absolute Gasteiger partial charge is 0.277 e. The second-order valence-electron chi connectivity index (χ2n) is 4.99. The minimum atomic E-state index is -0.296. The van der Waals surface area contributed by atoms with Gasteiger partial charge in [0.05, 0.1) is 6.21 Å². The van der Waals surface area contributed by atoms with Gasteiger partial charge in [-0.25, -0.2) is 5.43 Å². The van der Waals surface area contributed by atoms with E-state index in [0.29, 0.717) is 5.75 Å². The molecule has 1 amide bonds. The molecule has 0 aliphatic rings. The van der Waals surface area contributed by atoms with Crippen LogP contribution in [0.5, 0.6) is 5.75 Å². The van der Waals surface area contributed by atoms with Gasteiger partial charge in [-0.15, -0.1) is 11.3 Å². The highest BCUT2D eigenvalue weighted by atomic mass is 32.1. The zero-order valence-electron chi connectivity index (χ0n) is 12.9. The van der Waals surface area contributed by atoms with Crippen molar-refractivity contribution in [1.82, 2.24) is 5.43 Å². The summed E-state index contributed by atoms with van der Waals surface area (Å²) in [4.78, 5) is 12.7. The number of thiophene rings is 1. The van der Waals surface area contributed by atoms with Crippen LogP contribution < -0.4 is 10.2 Å². The Morgan fingerprint density at radius 2 is 1.75 bits per heavy atom. The molecule has 0 unspecified atom stereocenters. The standard InChI is InChI=1S/C19H16N2O2S/c22-19(21-20-13-18-7-4-12-24-18)14-23-17-10-8-16(9-11-17)15-5-2-1-3-6-15/h1-13H,14H2,(H,21,22)/b20-13+. The van der Waals surface area contributed by atoms with Crippen molar-refractivity contribution in [1.29, 1.82) is 0 Å². The van der Waals surface area contributed by atoms with Gasteiger partial charge in [0.2, 0.25) is 0 Å². The SMILES string of the molecule is O=C(COc1ccc(-c2ccccc2)cc1)N/N=C/c1cccs1. The Kier molecular flexibility index (Phi) is 5.37. The third-order valence-electron chi connectivity index (χ3n) is 3.26. The third kappa shape index (κ3) is 4.54. The van der Waals surface area contributed by atoms with Gasteiger partial charge in [-0.1, -0.05) is 48.5 Å². The Hall–Kier alpha value is -2.92. The fourth-order valence-corrected chi connectivity index (χ4v) is 2.67. The van der Waals surface area contributed by atoms with Gasteiger partial charge in [0.25, 0.3) is 5.91 Å². The molecule has 0 saturated heterocycles. The molecule has 0 spiro atoms. The number of amides is 1. The molecule has 3 aromatic rings. The fourth-order valence-electron chi connectivity index (χ4n) is 2.09. The van der Waals surface area contributed by atoms with E-state index in [1.54, 1.807) is 17.6 Å². The van der Waals surface area contributed by atoms with Gasteiger partial charge in [0.15, 0.2) is 6.61 Å². The molecule has 5 heteroatoms. The number of hydrogen-bond acceptors (Lipinski definition) is 4. The highest BCUT2D eigenvalue weighted by Crippen LogP contribution is 2.21. The predicted octanol–water partition coefficient (Wildman–Crippen LogP) is 3.94. The highest BCUT2D eigenvalue weighted by Gasteiger charge is 2.02. The lowest BCUT2D eigenvalue weighted by Crippen LogP contribution is -2.24. The van der Waals surface area contributed by atoms with E-state index in [4.69, 9.17) is 4.74 Å². The second-order valence-corrected chi connectivity index (χ2v) is 5.97. The van der Waals surface area contributed by atoms with Crippen molar-refractivity contribution in [3.8, 4) is 16.9 Å². The van der Waals surface area contributed by atoms with Gasteiger partial charge in [-0.05, 0) is 34.7 Å². The second kappa shape index (κ2) is 8.08. The molecule has 1 N–H and O–H groups in total. The van der Waals surface area contributed by atoms with Crippen LogP contribution in [0.25, 0.3) is 11.1 Å². The summed E-state index contributed by atoms with van der Waals surface area (Å²) < 4.78 is 5.46. The summed E-state index contributed by atoms with van der Waals surface area (Å²) in [6.45, 7) is -0.0769. The summed E-state index contributed by atoms with van der Waals surface area (Å²) >= 11 is 1.55. The van der Waals surface area contributed by atoms with E-state index in [9.17, 15) is 4.79 Å². The summed E-state index contributed by atoms with van der Waals surface area (Å²) in [7, 11) is 0. The molecule has 1 heterocycles. The molecular weight excluding hydrogens is 320 g/mol. The molecule has 3 rings (SSSR count). The van der Waals surface area contributed by atoms with Crippen molar-refractivity contribution in [3.63, 3.8) is 0 Å². The van der Waals surface area contributed by atoms with Crippen molar-refractivity contribution in [3.05, 3.63) is 77.0 Å². The van der Waals surface area contributed by atoms with Crippen LogP contribution in [-0.4, -0.2) is 18.7 Å². The fraction of sp³-hybridized carbons (Fsp3) is 0.0526. The predicted molar refractivity (Wildman–Crippen MR) is 97.4 cm³/mol. The molecule has 24 heavy (non-hydrogen) atoms. The lowest BCUT2D eigenvalue weighted by molar-refractivity contribution is -0.123. The van der Waals surface area contributed by atoms with Gasteiger partial charge in [0.1, 0.15) is 5.75 Å². The first kappa shape index (κ1) is 16.0. The summed E-state index contributed by atoms with van der Waals surface area (Å²) in [5, 5.41) is 5.84. The maximum Gasteiger partial charge on any atom is 0.277 e. The van der Waals surface area contributed by atoms with Crippen LogP contribution in [0, 0.1) is 0 Å². The van der Waals surface area contributed by atoms with E-state index in [1.807, 2.05) is 60.0 Å². The van der Waals surface area contributed by atoms with Gasteiger partial charge in [0, 0.05) is 4.88 Å². The van der Waals surface area contributed by atoms with Crippen molar-refractivity contribution in [2.75, 3.05) is 6.61 Å². The Bertz CT molecular complexity index is 797. The minimum Gasteiger partial charge on any atom is -0.484 e. The van der Waals surface area contributed by atoms with Gasteiger partial charge < -0.3 is 4.74 Å². The maximum atomic E-state index is 11.7. The number of nitrogens with zero attached hydrogens (tertiary/aromatic N) is 1. The molecule has 2 aromatic carbocycles. The lowest BCUT2D eigenvalue weighted by Gasteiger charge is -2.06. The van der Waals surface area contributed by atoms with Crippen molar-refractivity contribution < 1.29 is 9.53 Å². The van der Waals surface area contributed by atoms with Crippen LogP contribution in [0.15, 0.2) is 77.2 Å². The van der Waals surface area contributed by atoms with E-state index in [1.165, 1.54) is 0 Å². The highest BCUT2D eigenvalue weighted by molar-refractivity contribution is 7.11. The molecule has 0 bridgehead atoms. The first-order chi connectivity index (χ1) is 11.8. The number of hydrogen-bond donors (Lipinski definition) is 1. The van der Waals surface area contributed by atoms with Gasteiger partial charge in [-0.2, -0.15) is 5.10 Å². The topological polar surface area (TPSA) is 50.7 Å². The van der Waals surface area contributed by atoms with Crippen molar-refractivity contribution >= 4 is 23.5 Å². The Balaban J connectivity index is 1.48. The molecule has 0 radical (unpaired) electrons. The Labute approximate surface area is 144 Å². The van der Waals surface area contributed by atoms with Crippen LogP contribution in [-0.2, 0) is 4.79 Å². The number of ether oxygens (including phenoxy) is 1. The molecular formula is C19H16N2O2S. The molecule has 0 atom stereocenters. The summed E-state index contributed by atoms with van der Waals surface area (Å²) in [5.41, 5.74) is 4.69. The van der Waals surface area contributed by atoms with Crippen molar-refractivity contribution in [2.45, 2.75) is 0 Å². The number of carbonyl (C=O) groups is 1. The average molecular weight is 336 g/mol. The zero-order chi connectivity index (χ0) is 16.6. The van der Waals surface area contributed by atoms with Crippen LogP contribution in [0.3, 0.4) is 0 Å². The molecule has 4 nitrogen and oxygen atoms in total. The summed E-state index contributed by atoms with van der Waals surface area (Å²) in [6.07, 6.45) is 1.61. The normalized spacial score (nSPS) is 10.7. The lowest BCUT2D eigenvalue weighted by atomic mass is 10.1. The van der Waals surface area contributed by atoms with E-state index in [-0.39, 0.29) is 12.5 Å². The van der Waals surface area contributed by atoms with Crippen LogP contribution in [0.2, 0.25) is 0 Å². The molecule has 0 fully saturated rings. The molecule has 120 valence electrons. The molecule has 0 aliphatic heterocycles. The first-order valence-electron chi connectivity index (χ1n) is 7.45. The first-order valence-corrected chi connectivity index (χ1v) is 8.33. The van der Waals surface area contributed by atoms with E-state index in [2.05, 4.69) is 22.7 Å². The maximum absolute atomic E-state index is 11.7. The van der Waals surface area contributed by atoms with Crippen molar-refractivity contribution in [2.24, 2.45) is 5.10 Å². The summed E-state index contributed by atoms with van der Waals surface area (Å²) in [5.74, 6) is 0.349. The van der Waals surface area contributed by atoms with E-state index >= 15 is 0 Å². The number of nitrogens with one attached hydrogen (secondary N) is 1. The number of benzene rings is 2. The Morgan fingerprint density at radius 1 is 1.00 bits per heavy atom.